The fourth-order valence-electron chi connectivity index (χ4n) is 3.22. The number of halogens is 3. The molecule has 0 N–H and O–H groups in total. The Bertz CT molecular complexity index is 557. The van der Waals surface area contributed by atoms with Crippen LogP contribution in [0, 0.1) is 19.8 Å². The van der Waals surface area contributed by atoms with E-state index >= 15 is 0 Å². The smallest absolute Gasteiger partial charge is 0.339 e. The number of aromatic nitrogens is 2. The molecule has 1 heterocycles. The monoisotopic (exact) mass is 317 g/mol. The number of nitrogens with zero attached hydrogens (tertiary/aromatic N) is 3. The highest BCUT2D eigenvalue weighted by Gasteiger charge is 2.42. The minimum atomic E-state index is -4.12. The quantitative estimate of drug-likeness (QED) is 0.840. The lowest BCUT2D eigenvalue weighted by atomic mass is 9.85. The highest BCUT2D eigenvalue weighted by Crippen LogP contribution is 2.38. The molecule has 124 valence electrons. The molecule has 0 spiro atoms. The molecule has 0 unspecified atom stereocenters. The number of carbonyl (C=O) groups excluding carboxylic acids is 1. The molecule has 0 atom stereocenters. The van der Waals surface area contributed by atoms with Crippen LogP contribution in [0.4, 0.5) is 13.2 Å². The van der Waals surface area contributed by atoms with Crippen molar-refractivity contribution in [1.29, 1.82) is 0 Å². The fraction of sp³-hybridized carbons (Fsp3) is 0.733. The zero-order valence-corrected chi connectivity index (χ0v) is 13.4. The van der Waals surface area contributed by atoms with Crippen molar-refractivity contribution in [1.82, 2.24) is 14.7 Å². The third-order valence-electron chi connectivity index (χ3n) is 4.75. The first-order valence-electron chi connectivity index (χ1n) is 7.47. The van der Waals surface area contributed by atoms with Crippen molar-refractivity contribution in [2.24, 2.45) is 13.0 Å². The van der Waals surface area contributed by atoms with E-state index in [0.717, 1.165) is 5.69 Å². The summed E-state index contributed by atoms with van der Waals surface area (Å²) in [7, 11) is 3.44. The van der Waals surface area contributed by atoms with E-state index in [1.54, 1.807) is 30.6 Å². The zero-order chi connectivity index (χ0) is 16.7. The molecule has 1 aliphatic rings. The Kier molecular flexibility index (Phi) is 4.54. The van der Waals surface area contributed by atoms with Crippen LogP contribution >= 0.6 is 0 Å². The first kappa shape index (κ1) is 16.8. The van der Waals surface area contributed by atoms with E-state index in [4.69, 9.17) is 0 Å². The Labute approximate surface area is 128 Å². The number of hydrogen-bond donors (Lipinski definition) is 0. The molecule has 0 aromatic carbocycles. The molecule has 1 saturated carbocycles. The van der Waals surface area contributed by atoms with Gasteiger partial charge < -0.3 is 4.90 Å². The third-order valence-corrected chi connectivity index (χ3v) is 4.75. The summed E-state index contributed by atoms with van der Waals surface area (Å²) in [5.41, 5.74) is 1.99. The molecule has 1 aliphatic carbocycles. The van der Waals surface area contributed by atoms with Crippen LogP contribution < -0.4 is 0 Å². The van der Waals surface area contributed by atoms with E-state index in [-0.39, 0.29) is 24.8 Å². The van der Waals surface area contributed by atoms with Gasteiger partial charge in [-0.3, -0.25) is 9.48 Å². The largest absolute Gasteiger partial charge is 0.391 e. The summed E-state index contributed by atoms with van der Waals surface area (Å²) in [6, 6.07) is -0.134. The van der Waals surface area contributed by atoms with Gasteiger partial charge in [0.05, 0.1) is 17.2 Å². The third kappa shape index (κ3) is 3.13. The molecule has 2 rings (SSSR count). The number of hydrogen-bond acceptors (Lipinski definition) is 2. The van der Waals surface area contributed by atoms with Gasteiger partial charge in [0, 0.05) is 25.8 Å². The molecule has 0 saturated heterocycles. The number of rotatable bonds is 2. The molecule has 0 bridgehead atoms. The van der Waals surface area contributed by atoms with Gasteiger partial charge in [-0.2, -0.15) is 18.3 Å². The van der Waals surface area contributed by atoms with Crippen LogP contribution in [0.3, 0.4) is 0 Å². The standard InChI is InChI=1S/C15H22F3N3O/c1-9-13(10(2)21(4)19-9)14(22)20(3)12-7-5-11(6-8-12)15(16,17)18/h11-12H,5-8H2,1-4H3. The Morgan fingerprint density at radius 1 is 1.23 bits per heavy atom. The van der Waals surface area contributed by atoms with E-state index in [9.17, 15) is 18.0 Å². The number of aryl methyl sites for hydroxylation is 2. The van der Waals surface area contributed by atoms with Crippen LogP contribution in [0.15, 0.2) is 0 Å². The highest BCUT2D eigenvalue weighted by molar-refractivity contribution is 5.96. The minimum absolute atomic E-state index is 0.0940. The van der Waals surface area contributed by atoms with Crippen molar-refractivity contribution >= 4 is 5.91 Å². The predicted molar refractivity (Wildman–Crippen MR) is 76.6 cm³/mol. The van der Waals surface area contributed by atoms with Crippen molar-refractivity contribution in [3.63, 3.8) is 0 Å². The fourth-order valence-corrected chi connectivity index (χ4v) is 3.22. The van der Waals surface area contributed by atoms with Gasteiger partial charge in [-0.15, -0.1) is 0 Å². The average molecular weight is 317 g/mol. The second kappa shape index (κ2) is 5.93. The van der Waals surface area contributed by atoms with Gasteiger partial charge >= 0.3 is 6.18 Å². The highest BCUT2D eigenvalue weighted by atomic mass is 19.4. The Morgan fingerprint density at radius 3 is 2.18 bits per heavy atom. The molecule has 7 heteroatoms. The SMILES string of the molecule is Cc1nn(C)c(C)c1C(=O)N(C)C1CCC(C(F)(F)F)CC1. The summed E-state index contributed by atoms with van der Waals surface area (Å²) in [6.07, 6.45) is -3.15. The van der Waals surface area contributed by atoms with Crippen LogP contribution in [0.1, 0.15) is 47.4 Å². The summed E-state index contributed by atoms with van der Waals surface area (Å²) >= 11 is 0. The van der Waals surface area contributed by atoms with Gasteiger partial charge in [-0.25, -0.2) is 0 Å². The van der Waals surface area contributed by atoms with E-state index in [2.05, 4.69) is 5.10 Å². The molecule has 4 nitrogen and oxygen atoms in total. The van der Waals surface area contributed by atoms with E-state index in [0.29, 0.717) is 24.1 Å². The molecular weight excluding hydrogens is 295 g/mol. The van der Waals surface area contributed by atoms with E-state index < -0.39 is 12.1 Å². The maximum atomic E-state index is 12.7. The van der Waals surface area contributed by atoms with Gasteiger partial charge in [0.25, 0.3) is 5.91 Å². The van der Waals surface area contributed by atoms with Crippen LogP contribution in [-0.2, 0) is 7.05 Å². The maximum absolute atomic E-state index is 12.7. The predicted octanol–water partition coefficient (Wildman–Crippen LogP) is 3.23. The van der Waals surface area contributed by atoms with Crippen molar-refractivity contribution in [3.8, 4) is 0 Å². The first-order valence-corrected chi connectivity index (χ1v) is 7.47. The Hall–Kier alpha value is -1.53. The summed E-state index contributed by atoms with van der Waals surface area (Å²) in [4.78, 5) is 14.2. The summed E-state index contributed by atoms with van der Waals surface area (Å²) < 4.78 is 39.8. The van der Waals surface area contributed by atoms with Gasteiger partial charge in [0.15, 0.2) is 0 Å². The van der Waals surface area contributed by atoms with Crippen molar-refractivity contribution < 1.29 is 18.0 Å². The summed E-state index contributed by atoms with van der Waals surface area (Å²) in [5, 5.41) is 4.22. The van der Waals surface area contributed by atoms with Gasteiger partial charge in [-0.1, -0.05) is 0 Å². The zero-order valence-electron chi connectivity index (χ0n) is 13.4. The van der Waals surface area contributed by atoms with Crippen LogP contribution in [0.2, 0.25) is 0 Å². The maximum Gasteiger partial charge on any atom is 0.391 e. The van der Waals surface area contributed by atoms with E-state index in [1.807, 2.05) is 6.92 Å². The molecule has 1 aromatic rings. The minimum Gasteiger partial charge on any atom is -0.339 e. The normalized spacial score (nSPS) is 22.7. The average Bonchev–Trinajstić information content (AvgIpc) is 2.70. The number of alkyl halides is 3. The summed E-state index contributed by atoms with van der Waals surface area (Å²) in [5.74, 6) is -1.38. The lowest BCUT2D eigenvalue weighted by molar-refractivity contribution is -0.183. The second-order valence-electron chi connectivity index (χ2n) is 6.13. The van der Waals surface area contributed by atoms with Crippen molar-refractivity contribution in [3.05, 3.63) is 17.0 Å². The van der Waals surface area contributed by atoms with Crippen molar-refractivity contribution in [2.45, 2.75) is 51.7 Å². The number of carbonyl (C=O) groups is 1. The second-order valence-corrected chi connectivity index (χ2v) is 6.13. The van der Waals surface area contributed by atoms with Crippen LogP contribution in [-0.4, -0.2) is 39.9 Å². The topological polar surface area (TPSA) is 38.1 Å². The Balaban J connectivity index is 2.07. The van der Waals surface area contributed by atoms with Gasteiger partial charge in [0.2, 0.25) is 0 Å². The summed E-state index contributed by atoms with van der Waals surface area (Å²) in [6.45, 7) is 3.59. The first-order chi connectivity index (χ1) is 10.1. The molecule has 0 radical (unpaired) electrons. The lowest BCUT2D eigenvalue weighted by Gasteiger charge is -2.35. The lowest BCUT2D eigenvalue weighted by Crippen LogP contribution is -2.41. The molecular formula is C15H22F3N3O. The molecule has 1 aromatic heterocycles. The number of amides is 1. The molecule has 22 heavy (non-hydrogen) atoms. The Morgan fingerprint density at radius 2 is 1.77 bits per heavy atom. The van der Waals surface area contributed by atoms with Crippen LogP contribution in [0.5, 0.6) is 0 Å². The van der Waals surface area contributed by atoms with Gasteiger partial charge in [-0.05, 0) is 39.5 Å². The van der Waals surface area contributed by atoms with Crippen LogP contribution in [0.25, 0.3) is 0 Å². The van der Waals surface area contributed by atoms with E-state index in [1.165, 1.54) is 0 Å². The molecule has 1 amide bonds. The molecule has 1 fully saturated rings. The van der Waals surface area contributed by atoms with Gasteiger partial charge in [0.1, 0.15) is 0 Å². The molecule has 0 aliphatic heterocycles. The van der Waals surface area contributed by atoms with Crippen molar-refractivity contribution in [2.75, 3.05) is 7.05 Å².